The smallest absolute Gasteiger partial charge is 0.354 e. The van der Waals surface area contributed by atoms with Gasteiger partial charge < -0.3 is 24.3 Å². The predicted molar refractivity (Wildman–Crippen MR) is 124 cm³/mol. The van der Waals surface area contributed by atoms with Crippen LogP contribution in [-0.2, 0) is 20.9 Å². The highest BCUT2D eigenvalue weighted by atomic mass is 16.5. The van der Waals surface area contributed by atoms with Crippen molar-refractivity contribution in [3.05, 3.63) is 82.7 Å². The Morgan fingerprint density at radius 3 is 2.56 bits per heavy atom. The van der Waals surface area contributed by atoms with Crippen molar-refractivity contribution < 1.29 is 24.2 Å². The van der Waals surface area contributed by atoms with Crippen LogP contribution in [0.2, 0.25) is 0 Å². The summed E-state index contributed by atoms with van der Waals surface area (Å²) in [6.45, 7) is 4.29. The second kappa shape index (κ2) is 9.38. The Labute approximate surface area is 196 Å². The number of hydrogen-bond donors (Lipinski definition) is 2. The number of carbonyl (C=O) groups excluding carboxylic acids is 3. The van der Waals surface area contributed by atoms with Crippen LogP contribution in [0, 0.1) is 13.8 Å². The molecule has 9 heteroatoms. The van der Waals surface area contributed by atoms with Gasteiger partial charge in [0.25, 0.3) is 11.7 Å². The van der Waals surface area contributed by atoms with E-state index in [1.165, 1.54) is 12.0 Å². The molecule has 1 aromatic carbocycles. The lowest BCUT2D eigenvalue weighted by Gasteiger charge is -2.25. The largest absolute Gasteiger partial charge is 0.507 e. The molecule has 1 amide bonds. The van der Waals surface area contributed by atoms with Gasteiger partial charge >= 0.3 is 5.97 Å². The number of H-pyrrole nitrogens is 1. The molecular formula is C25H26N4O5. The Morgan fingerprint density at radius 1 is 1.18 bits per heavy atom. The fourth-order valence-electron chi connectivity index (χ4n) is 4.48. The van der Waals surface area contributed by atoms with E-state index in [-0.39, 0.29) is 17.0 Å². The highest BCUT2D eigenvalue weighted by Gasteiger charge is 2.46. The van der Waals surface area contributed by atoms with Crippen LogP contribution < -0.4 is 0 Å². The summed E-state index contributed by atoms with van der Waals surface area (Å²) in [5.74, 6) is -2.32. The van der Waals surface area contributed by atoms with Crippen molar-refractivity contribution in [3.63, 3.8) is 0 Å². The maximum atomic E-state index is 13.2. The lowest BCUT2D eigenvalue weighted by atomic mass is 9.94. The predicted octanol–water partition coefficient (Wildman–Crippen LogP) is 3.13. The number of likely N-dealkylation sites (tertiary alicyclic amines) is 1. The number of nitrogens with zero attached hydrogens (tertiary/aromatic N) is 3. The first kappa shape index (κ1) is 23.0. The number of Topliss-reactive ketones (excluding diaryl/α,β-unsaturated/α-hetero) is 1. The van der Waals surface area contributed by atoms with Crippen molar-refractivity contribution in [1.29, 1.82) is 0 Å². The molecule has 1 aliphatic rings. The SMILES string of the molecule is COC(=O)c1[nH]c(C)c(/C(O)=C2/C(=O)C(=O)N(CCCn3ccnc3)C2c2ccccc2)c1C. The molecule has 1 atom stereocenters. The number of hydrogen-bond acceptors (Lipinski definition) is 6. The molecule has 3 heterocycles. The van der Waals surface area contributed by atoms with Crippen LogP contribution >= 0.6 is 0 Å². The molecule has 3 aromatic rings. The van der Waals surface area contributed by atoms with Gasteiger partial charge in [-0.2, -0.15) is 0 Å². The molecule has 9 nitrogen and oxygen atoms in total. The van der Waals surface area contributed by atoms with E-state index in [2.05, 4.69) is 9.97 Å². The number of aryl methyl sites for hydroxylation is 2. The van der Waals surface area contributed by atoms with Crippen molar-refractivity contribution >= 4 is 23.4 Å². The van der Waals surface area contributed by atoms with Gasteiger partial charge in [-0.1, -0.05) is 30.3 Å². The zero-order chi connectivity index (χ0) is 24.4. The van der Waals surface area contributed by atoms with Crippen molar-refractivity contribution in [2.75, 3.05) is 13.7 Å². The highest BCUT2D eigenvalue weighted by Crippen LogP contribution is 2.40. The van der Waals surface area contributed by atoms with Gasteiger partial charge in [0, 0.05) is 36.7 Å². The first-order valence-corrected chi connectivity index (χ1v) is 10.9. The minimum absolute atomic E-state index is 0.000414. The number of ketones is 1. The maximum Gasteiger partial charge on any atom is 0.354 e. The summed E-state index contributed by atoms with van der Waals surface area (Å²) in [5, 5.41) is 11.4. The quantitative estimate of drug-likeness (QED) is 0.241. The van der Waals surface area contributed by atoms with Gasteiger partial charge in [-0.05, 0) is 31.4 Å². The van der Waals surface area contributed by atoms with Crippen molar-refractivity contribution in [2.45, 2.75) is 32.9 Å². The third kappa shape index (κ3) is 4.00. The molecule has 0 bridgehead atoms. The third-order valence-corrected chi connectivity index (χ3v) is 6.09. The first-order chi connectivity index (χ1) is 16.3. The lowest BCUT2D eigenvalue weighted by molar-refractivity contribution is -0.139. The zero-order valence-electron chi connectivity index (χ0n) is 19.2. The second-order valence-electron chi connectivity index (χ2n) is 8.17. The van der Waals surface area contributed by atoms with Crippen molar-refractivity contribution in [1.82, 2.24) is 19.4 Å². The monoisotopic (exact) mass is 462 g/mol. The molecule has 0 radical (unpaired) electrons. The second-order valence-corrected chi connectivity index (χ2v) is 8.17. The number of nitrogens with one attached hydrogen (secondary N) is 1. The van der Waals surface area contributed by atoms with Crippen LogP contribution in [0.3, 0.4) is 0 Å². The summed E-state index contributed by atoms with van der Waals surface area (Å²) < 4.78 is 6.71. The molecule has 1 fully saturated rings. The number of aromatic amines is 1. The van der Waals surface area contributed by atoms with Gasteiger partial charge in [-0.3, -0.25) is 9.59 Å². The number of aromatic nitrogens is 3. The van der Waals surface area contributed by atoms with Gasteiger partial charge in [0.1, 0.15) is 11.5 Å². The van der Waals surface area contributed by atoms with E-state index in [9.17, 15) is 19.5 Å². The Bertz CT molecular complexity index is 1260. The number of aliphatic hydroxyl groups is 1. The van der Waals surface area contributed by atoms with E-state index >= 15 is 0 Å². The van der Waals surface area contributed by atoms with E-state index in [0.29, 0.717) is 41.9 Å². The first-order valence-electron chi connectivity index (χ1n) is 10.9. The number of amides is 1. The Balaban J connectivity index is 1.78. The Kier molecular flexibility index (Phi) is 6.36. The Morgan fingerprint density at radius 2 is 1.91 bits per heavy atom. The molecule has 4 rings (SSSR count). The number of esters is 1. The molecule has 2 aromatic heterocycles. The van der Waals surface area contributed by atoms with Crippen molar-refractivity contribution in [3.8, 4) is 0 Å². The molecule has 0 saturated carbocycles. The number of aliphatic hydroxyl groups excluding tert-OH is 1. The molecule has 0 spiro atoms. The van der Waals surface area contributed by atoms with Gasteiger partial charge in [0.15, 0.2) is 0 Å². The number of imidazole rings is 1. The van der Waals surface area contributed by atoms with Crippen LogP contribution in [0.25, 0.3) is 5.76 Å². The van der Waals surface area contributed by atoms with Crippen LogP contribution in [-0.4, -0.2) is 55.9 Å². The number of ether oxygens (including phenoxy) is 1. The normalized spacial score (nSPS) is 17.4. The topological polar surface area (TPSA) is 118 Å². The van der Waals surface area contributed by atoms with Crippen LogP contribution in [0.15, 0.2) is 54.6 Å². The molecule has 0 aliphatic carbocycles. The van der Waals surface area contributed by atoms with Gasteiger partial charge in [-0.15, -0.1) is 0 Å². The van der Waals surface area contributed by atoms with Crippen LogP contribution in [0.5, 0.6) is 0 Å². The van der Waals surface area contributed by atoms with Gasteiger partial charge in [-0.25, -0.2) is 9.78 Å². The van der Waals surface area contributed by atoms with E-state index in [0.717, 1.165) is 0 Å². The summed E-state index contributed by atoms with van der Waals surface area (Å²) >= 11 is 0. The average molecular weight is 463 g/mol. The number of carbonyl (C=O) groups is 3. The van der Waals surface area contributed by atoms with Crippen molar-refractivity contribution in [2.24, 2.45) is 0 Å². The molecule has 2 N–H and O–H groups in total. The average Bonchev–Trinajstić information content (AvgIpc) is 3.52. The molecule has 1 unspecified atom stereocenters. The van der Waals surface area contributed by atoms with Gasteiger partial charge in [0.2, 0.25) is 0 Å². The number of methoxy groups -OCH3 is 1. The standard InChI is InChI=1S/C25H26N4O5/c1-15-18(16(2)27-20(15)25(33)34-3)22(30)19-21(17-8-5-4-6-9-17)29(24(32)23(19)31)12-7-11-28-13-10-26-14-28/h4-6,8-10,13-14,21,27,30H,7,11-12H2,1-3H3/b22-19-. The third-order valence-electron chi connectivity index (χ3n) is 6.09. The van der Waals surface area contributed by atoms with E-state index in [4.69, 9.17) is 4.74 Å². The van der Waals surface area contributed by atoms with E-state index < -0.39 is 23.7 Å². The molecule has 1 aliphatic heterocycles. The summed E-state index contributed by atoms with van der Waals surface area (Å²) in [4.78, 5) is 46.9. The molecule has 176 valence electrons. The fraction of sp³-hybridized carbons (Fsp3) is 0.280. The van der Waals surface area contributed by atoms with E-state index in [1.54, 1.807) is 26.4 Å². The summed E-state index contributed by atoms with van der Waals surface area (Å²) in [6, 6.07) is 8.39. The summed E-state index contributed by atoms with van der Waals surface area (Å²) in [7, 11) is 1.27. The minimum Gasteiger partial charge on any atom is -0.507 e. The van der Waals surface area contributed by atoms with Crippen LogP contribution in [0.1, 0.15) is 45.3 Å². The molecule has 34 heavy (non-hydrogen) atoms. The molecule has 1 saturated heterocycles. The summed E-state index contributed by atoms with van der Waals surface area (Å²) in [5.41, 5.74) is 2.16. The fourth-order valence-corrected chi connectivity index (χ4v) is 4.48. The number of benzene rings is 1. The minimum atomic E-state index is -0.756. The Hall–Kier alpha value is -4.14. The lowest BCUT2D eigenvalue weighted by Crippen LogP contribution is -2.31. The highest BCUT2D eigenvalue weighted by molar-refractivity contribution is 6.46. The van der Waals surface area contributed by atoms with E-state index in [1.807, 2.05) is 41.1 Å². The summed E-state index contributed by atoms with van der Waals surface area (Å²) in [6.07, 6.45) is 5.81. The number of rotatable bonds is 7. The molecular weight excluding hydrogens is 436 g/mol. The maximum absolute atomic E-state index is 13.2. The van der Waals surface area contributed by atoms with Crippen LogP contribution in [0.4, 0.5) is 0 Å². The zero-order valence-corrected chi connectivity index (χ0v) is 19.2. The van der Waals surface area contributed by atoms with Gasteiger partial charge in [0.05, 0.1) is 25.1 Å².